The van der Waals surface area contributed by atoms with Gasteiger partial charge in [-0.25, -0.2) is 8.42 Å². The van der Waals surface area contributed by atoms with Crippen LogP contribution in [0.4, 0.5) is 5.69 Å². The predicted molar refractivity (Wildman–Crippen MR) is 83.8 cm³/mol. The van der Waals surface area contributed by atoms with Crippen LogP contribution in [-0.4, -0.2) is 19.8 Å². The Morgan fingerprint density at radius 3 is 2.35 bits per heavy atom. The predicted octanol–water partition coefficient (Wildman–Crippen LogP) is 3.46. The fraction of sp³-hybridized carbons (Fsp3) is 0.167. The van der Waals surface area contributed by atoms with Crippen molar-refractivity contribution in [1.82, 2.24) is 4.31 Å². The number of nitrogen functional groups attached to an aromatic ring is 1. The molecule has 0 aliphatic heterocycles. The molecule has 0 aliphatic carbocycles. The quantitative estimate of drug-likeness (QED) is 0.858. The van der Waals surface area contributed by atoms with Crippen molar-refractivity contribution in [3.63, 3.8) is 0 Å². The van der Waals surface area contributed by atoms with Crippen LogP contribution >= 0.6 is 34.5 Å². The first-order valence-corrected chi connectivity index (χ1v) is 8.57. The van der Waals surface area contributed by atoms with Gasteiger partial charge in [-0.3, -0.25) is 0 Å². The van der Waals surface area contributed by atoms with E-state index in [1.807, 2.05) is 0 Å². The molecule has 2 rings (SSSR count). The first-order valence-electron chi connectivity index (χ1n) is 5.56. The number of nitrogens with zero attached hydrogens (tertiary/aromatic N) is 1. The molecule has 1 heterocycles. The Morgan fingerprint density at radius 2 is 1.85 bits per heavy atom. The van der Waals surface area contributed by atoms with E-state index in [0.717, 1.165) is 16.9 Å². The summed E-state index contributed by atoms with van der Waals surface area (Å²) in [4.78, 5) is 0.0344. The number of thiophene rings is 1. The summed E-state index contributed by atoms with van der Waals surface area (Å²) in [6.07, 6.45) is 0. The zero-order valence-corrected chi connectivity index (χ0v) is 13.7. The minimum Gasteiger partial charge on any atom is -0.399 e. The molecule has 0 atom stereocenters. The lowest BCUT2D eigenvalue weighted by atomic mass is 10.2. The first-order chi connectivity index (χ1) is 9.30. The lowest BCUT2D eigenvalue weighted by Gasteiger charge is -2.16. The molecule has 0 fully saturated rings. The summed E-state index contributed by atoms with van der Waals surface area (Å²) < 4.78 is 26.5. The lowest BCUT2D eigenvalue weighted by molar-refractivity contribution is 0.467. The third-order valence-corrected chi connectivity index (χ3v) is 6.25. The van der Waals surface area contributed by atoms with Gasteiger partial charge in [0, 0.05) is 19.3 Å². The summed E-state index contributed by atoms with van der Waals surface area (Å²) in [5, 5.41) is 0. The Balaban J connectivity index is 2.25. The van der Waals surface area contributed by atoms with Gasteiger partial charge in [0.15, 0.2) is 0 Å². The van der Waals surface area contributed by atoms with Crippen molar-refractivity contribution in [2.24, 2.45) is 0 Å². The number of nitrogens with two attached hydrogens (primary N) is 1. The third kappa shape index (κ3) is 3.27. The molecule has 0 unspecified atom stereocenters. The normalized spacial score (nSPS) is 12.0. The summed E-state index contributed by atoms with van der Waals surface area (Å²) in [6.45, 7) is 0.229. The number of sulfonamides is 1. The summed E-state index contributed by atoms with van der Waals surface area (Å²) in [7, 11) is -2.17. The number of hydrogen-bond acceptors (Lipinski definition) is 4. The van der Waals surface area contributed by atoms with Crippen LogP contribution < -0.4 is 5.73 Å². The van der Waals surface area contributed by atoms with Gasteiger partial charge >= 0.3 is 0 Å². The maximum Gasteiger partial charge on any atom is 0.245 e. The van der Waals surface area contributed by atoms with Gasteiger partial charge in [0.2, 0.25) is 10.0 Å². The van der Waals surface area contributed by atoms with E-state index in [9.17, 15) is 8.42 Å². The van der Waals surface area contributed by atoms with Gasteiger partial charge in [0.05, 0.1) is 4.34 Å². The van der Waals surface area contributed by atoms with Crippen LogP contribution in [0.1, 0.15) is 5.56 Å². The highest BCUT2D eigenvalue weighted by atomic mass is 35.5. The summed E-state index contributed by atoms with van der Waals surface area (Å²) in [5.74, 6) is 0. The highest BCUT2D eigenvalue weighted by molar-refractivity contribution is 7.89. The Morgan fingerprint density at radius 1 is 1.25 bits per heavy atom. The Labute approximate surface area is 131 Å². The molecular formula is C12H12Cl2N2O2S2. The lowest BCUT2D eigenvalue weighted by Crippen LogP contribution is -2.26. The van der Waals surface area contributed by atoms with Crippen molar-refractivity contribution in [3.05, 3.63) is 44.6 Å². The van der Waals surface area contributed by atoms with E-state index in [0.29, 0.717) is 10.0 Å². The molecule has 4 nitrogen and oxygen atoms in total. The fourth-order valence-corrected chi connectivity index (χ4v) is 4.90. The number of hydrogen-bond donors (Lipinski definition) is 1. The fourth-order valence-electron chi connectivity index (χ4n) is 1.63. The molecule has 20 heavy (non-hydrogen) atoms. The van der Waals surface area contributed by atoms with Gasteiger partial charge in [-0.15, -0.1) is 11.3 Å². The van der Waals surface area contributed by atoms with Gasteiger partial charge in [-0.1, -0.05) is 35.3 Å². The van der Waals surface area contributed by atoms with E-state index in [2.05, 4.69) is 0 Å². The number of benzene rings is 1. The van der Waals surface area contributed by atoms with Crippen LogP contribution in [0.15, 0.2) is 35.2 Å². The van der Waals surface area contributed by atoms with Gasteiger partial charge < -0.3 is 5.73 Å². The van der Waals surface area contributed by atoms with Gasteiger partial charge in [-0.2, -0.15) is 4.31 Å². The van der Waals surface area contributed by atoms with Crippen LogP contribution in [0.3, 0.4) is 0 Å². The second-order valence-electron chi connectivity index (χ2n) is 4.19. The highest BCUT2D eigenvalue weighted by Crippen LogP contribution is 2.35. The summed E-state index contributed by atoms with van der Waals surface area (Å²) in [6, 6.07) is 8.38. The molecule has 0 bridgehead atoms. The number of rotatable bonds is 4. The Kier molecular flexibility index (Phi) is 4.61. The smallest absolute Gasteiger partial charge is 0.245 e. The SMILES string of the molecule is CN(Cc1ccc(N)cc1)S(=O)(=O)c1cc(Cl)sc1Cl. The minimum absolute atomic E-state index is 0.0344. The summed E-state index contributed by atoms with van der Waals surface area (Å²) in [5.41, 5.74) is 7.06. The second-order valence-corrected chi connectivity index (χ2v) is 8.49. The molecule has 8 heteroatoms. The largest absolute Gasteiger partial charge is 0.399 e. The summed E-state index contributed by atoms with van der Waals surface area (Å²) >= 11 is 12.7. The van der Waals surface area contributed by atoms with Crippen molar-refractivity contribution in [2.75, 3.05) is 12.8 Å². The molecule has 2 N–H and O–H groups in total. The van der Waals surface area contributed by atoms with Crippen molar-refractivity contribution >= 4 is 50.2 Å². The van der Waals surface area contributed by atoms with Crippen LogP contribution in [0.5, 0.6) is 0 Å². The van der Waals surface area contributed by atoms with Crippen molar-refractivity contribution < 1.29 is 8.42 Å². The van der Waals surface area contributed by atoms with Crippen LogP contribution in [0.2, 0.25) is 8.67 Å². The molecule has 108 valence electrons. The first kappa shape index (κ1) is 15.6. The van der Waals surface area contributed by atoms with Crippen LogP contribution in [0, 0.1) is 0 Å². The highest BCUT2D eigenvalue weighted by Gasteiger charge is 2.25. The van der Waals surface area contributed by atoms with Crippen molar-refractivity contribution in [2.45, 2.75) is 11.4 Å². The Hall–Kier alpha value is -0.790. The second kappa shape index (κ2) is 5.91. The molecule has 0 aliphatic rings. The average Bonchev–Trinajstić information content (AvgIpc) is 2.72. The monoisotopic (exact) mass is 350 g/mol. The number of anilines is 1. The van der Waals surface area contributed by atoms with Crippen LogP contribution in [0.25, 0.3) is 0 Å². The standard InChI is InChI=1S/C12H12Cl2N2O2S2/c1-16(7-8-2-4-9(15)5-3-8)20(17,18)10-6-11(13)19-12(10)14/h2-6H,7,15H2,1H3. The minimum atomic E-state index is -3.66. The maximum absolute atomic E-state index is 12.4. The third-order valence-electron chi connectivity index (χ3n) is 2.70. The molecular weight excluding hydrogens is 339 g/mol. The van der Waals surface area contributed by atoms with E-state index in [4.69, 9.17) is 28.9 Å². The molecule has 1 aromatic heterocycles. The average molecular weight is 351 g/mol. The van der Waals surface area contributed by atoms with Crippen LogP contribution in [-0.2, 0) is 16.6 Å². The van der Waals surface area contributed by atoms with E-state index >= 15 is 0 Å². The zero-order chi connectivity index (χ0) is 14.9. The molecule has 0 spiro atoms. The molecule has 0 amide bonds. The number of halogens is 2. The van der Waals surface area contributed by atoms with Gasteiger partial charge in [-0.05, 0) is 23.8 Å². The molecule has 1 aromatic carbocycles. The van der Waals surface area contributed by atoms with E-state index in [-0.39, 0.29) is 15.8 Å². The molecule has 0 saturated carbocycles. The van der Waals surface area contributed by atoms with Crippen molar-refractivity contribution in [1.29, 1.82) is 0 Å². The topological polar surface area (TPSA) is 63.4 Å². The molecule has 2 aromatic rings. The van der Waals surface area contributed by atoms with E-state index < -0.39 is 10.0 Å². The maximum atomic E-state index is 12.4. The van der Waals surface area contributed by atoms with Gasteiger partial charge in [0.1, 0.15) is 9.23 Å². The Bertz CT molecular complexity index is 712. The molecule has 0 saturated heterocycles. The van der Waals surface area contributed by atoms with Crippen molar-refractivity contribution in [3.8, 4) is 0 Å². The molecule has 0 radical (unpaired) electrons. The van der Waals surface area contributed by atoms with Gasteiger partial charge in [0.25, 0.3) is 0 Å². The zero-order valence-electron chi connectivity index (χ0n) is 10.5. The van der Waals surface area contributed by atoms with E-state index in [1.54, 1.807) is 24.3 Å². The van der Waals surface area contributed by atoms with E-state index in [1.165, 1.54) is 17.4 Å².